The van der Waals surface area contributed by atoms with Gasteiger partial charge in [-0.1, -0.05) is 30.3 Å². The van der Waals surface area contributed by atoms with Crippen molar-refractivity contribution in [3.63, 3.8) is 0 Å². The van der Waals surface area contributed by atoms with Gasteiger partial charge in [0, 0.05) is 36.1 Å². The number of imidazole rings is 1. The summed E-state index contributed by atoms with van der Waals surface area (Å²) in [6, 6.07) is 19.3. The van der Waals surface area contributed by atoms with Crippen molar-refractivity contribution in [1.29, 1.82) is 0 Å². The number of benzene rings is 3. The van der Waals surface area contributed by atoms with Crippen molar-refractivity contribution in [3.8, 4) is 17.0 Å². The Morgan fingerprint density at radius 2 is 1.73 bits per heavy atom. The van der Waals surface area contributed by atoms with Crippen LogP contribution in [0, 0.1) is 0 Å². The van der Waals surface area contributed by atoms with Crippen molar-refractivity contribution >= 4 is 38.9 Å². The van der Waals surface area contributed by atoms with Gasteiger partial charge in [0.25, 0.3) is 11.5 Å². The van der Waals surface area contributed by atoms with Gasteiger partial charge in [-0.15, -0.1) is 0 Å². The number of carboxylic acid groups (broad SMARTS) is 1. The zero-order valence-electron chi connectivity index (χ0n) is 21.7. The zero-order valence-corrected chi connectivity index (χ0v) is 21.7. The fraction of sp³-hybridized carbons (Fsp3) is 0.172. The van der Waals surface area contributed by atoms with Gasteiger partial charge in [0.15, 0.2) is 0 Å². The molecule has 11 nitrogen and oxygen atoms in total. The Bertz CT molecular complexity index is 1930. The smallest absolute Gasteiger partial charge is 0.323 e. The fourth-order valence-corrected chi connectivity index (χ4v) is 4.54. The first kappa shape index (κ1) is 26.4. The van der Waals surface area contributed by atoms with Crippen LogP contribution in [0.1, 0.15) is 18.9 Å². The molecule has 11 heteroatoms. The molecule has 3 aromatic heterocycles. The second kappa shape index (κ2) is 11.3. The lowest BCUT2D eigenvalue weighted by atomic mass is 10.1. The molecule has 0 amide bonds. The number of aromatic nitrogens is 5. The Balaban J connectivity index is 0.000000758. The van der Waals surface area contributed by atoms with E-state index in [9.17, 15) is 9.59 Å². The second-order valence-corrected chi connectivity index (χ2v) is 9.26. The molecule has 0 spiro atoms. The Labute approximate surface area is 227 Å². The Morgan fingerprint density at radius 1 is 1.00 bits per heavy atom. The Kier molecular flexibility index (Phi) is 7.47. The molecular weight excluding hydrogens is 512 g/mol. The number of aliphatic carboxylic acids is 1. The van der Waals surface area contributed by atoms with E-state index in [2.05, 4.69) is 19.5 Å². The van der Waals surface area contributed by atoms with Gasteiger partial charge >= 0.3 is 5.69 Å². The summed E-state index contributed by atoms with van der Waals surface area (Å²) < 4.78 is 8.15. The number of ether oxygens (including phenoxy) is 1. The third kappa shape index (κ3) is 5.64. The molecule has 0 aliphatic heterocycles. The van der Waals surface area contributed by atoms with Gasteiger partial charge in [-0.3, -0.25) is 9.59 Å². The molecule has 0 aliphatic carbocycles. The molecule has 3 heterocycles. The summed E-state index contributed by atoms with van der Waals surface area (Å²) in [5.74, 6) is -0.131. The van der Waals surface area contributed by atoms with Gasteiger partial charge in [0.05, 0.1) is 22.1 Å². The van der Waals surface area contributed by atoms with Gasteiger partial charge in [-0.25, -0.2) is 9.78 Å². The van der Waals surface area contributed by atoms with E-state index >= 15 is 0 Å². The quantitative estimate of drug-likeness (QED) is 0.205. The first-order valence-corrected chi connectivity index (χ1v) is 12.7. The van der Waals surface area contributed by atoms with E-state index < -0.39 is 5.97 Å². The van der Waals surface area contributed by atoms with Crippen LogP contribution in [0.4, 0.5) is 0 Å². The first-order valence-electron chi connectivity index (χ1n) is 12.7. The number of fused-ring (bicyclic) bond motifs is 3. The maximum absolute atomic E-state index is 13.2. The minimum absolute atomic E-state index is 0.302. The number of nitrogens with two attached hydrogens (primary N) is 1. The maximum atomic E-state index is 13.2. The van der Waals surface area contributed by atoms with Crippen LogP contribution in [-0.4, -0.2) is 42.1 Å². The van der Waals surface area contributed by atoms with Crippen LogP contribution in [0.2, 0.25) is 0 Å². The zero-order chi connectivity index (χ0) is 28.2. The van der Waals surface area contributed by atoms with Crippen LogP contribution in [0.25, 0.3) is 44.2 Å². The van der Waals surface area contributed by atoms with Crippen molar-refractivity contribution in [1.82, 2.24) is 24.5 Å². The topological polar surface area (TPSA) is 172 Å². The normalized spacial score (nSPS) is 11.1. The molecule has 3 aromatic carbocycles. The monoisotopic (exact) mass is 540 g/mol. The number of carboxylic acids is 1. The lowest BCUT2D eigenvalue weighted by Gasteiger charge is -2.08. The average Bonchev–Trinajstić information content (AvgIpc) is 3.47. The lowest BCUT2D eigenvalue weighted by molar-refractivity contribution is -0.134. The predicted molar refractivity (Wildman–Crippen MR) is 154 cm³/mol. The van der Waals surface area contributed by atoms with E-state index in [0.717, 1.165) is 29.8 Å². The van der Waals surface area contributed by atoms with E-state index in [1.165, 1.54) is 0 Å². The summed E-state index contributed by atoms with van der Waals surface area (Å²) in [6.45, 7) is 2.80. The van der Waals surface area contributed by atoms with E-state index in [-0.39, 0.29) is 11.2 Å². The number of aryl methyl sites for hydroxylation is 1. The standard InChI is InChI=1S/C27H24N6O3.C2H4O2/c28-9-4-10-33-14-19(18-11-17(7-8-24(18)33)36-15-16-5-2-1-3-6-16)25-26(34)30-21-13-23-22(12-20(21)29-25)31-27(35)32-23;1-2(3)4/h1-3,5-8,11-14H,4,9-10,15,28H2,(H,30,34)(H2,31,32,35);1H3,(H,3,4). The van der Waals surface area contributed by atoms with Crippen LogP contribution in [0.15, 0.2) is 76.4 Å². The lowest BCUT2D eigenvalue weighted by Crippen LogP contribution is -2.11. The summed E-state index contributed by atoms with van der Waals surface area (Å²) in [4.78, 5) is 47.0. The molecule has 6 aromatic rings. The number of rotatable bonds is 7. The third-order valence-corrected chi connectivity index (χ3v) is 6.29. The maximum Gasteiger partial charge on any atom is 0.323 e. The van der Waals surface area contributed by atoms with Gasteiger partial charge in [0.1, 0.15) is 18.1 Å². The van der Waals surface area contributed by atoms with Crippen molar-refractivity contribution < 1.29 is 14.6 Å². The number of nitrogens with zero attached hydrogens (tertiary/aromatic N) is 2. The molecule has 0 radical (unpaired) electrons. The molecule has 204 valence electrons. The van der Waals surface area contributed by atoms with Crippen LogP contribution in [0.3, 0.4) is 0 Å². The average molecular weight is 541 g/mol. The van der Waals surface area contributed by atoms with Gasteiger partial charge in [-0.05, 0) is 48.9 Å². The number of aromatic amines is 3. The molecule has 6 rings (SSSR count). The molecule has 0 fully saturated rings. The number of hydrogen-bond donors (Lipinski definition) is 5. The predicted octanol–water partition coefficient (Wildman–Crippen LogP) is 3.73. The number of nitrogens with one attached hydrogen (secondary N) is 3. The van der Waals surface area contributed by atoms with Gasteiger partial charge in [-0.2, -0.15) is 0 Å². The molecule has 0 bridgehead atoms. The van der Waals surface area contributed by atoms with Crippen LogP contribution >= 0.6 is 0 Å². The summed E-state index contributed by atoms with van der Waals surface area (Å²) >= 11 is 0. The van der Waals surface area contributed by atoms with Crippen molar-refractivity contribution in [2.75, 3.05) is 6.54 Å². The molecule has 0 saturated carbocycles. The summed E-state index contributed by atoms with van der Waals surface area (Å²) in [5.41, 5.74) is 10.5. The molecule has 0 atom stereocenters. The Morgan fingerprint density at radius 3 is 2.45 bits per heavy atom. The van der Waals surface area contributed by atoms with E-state index in [4.69, 9.17) is 25.4 Å². The largest absolute Gasteiger partial charge is 0.489 e. The van der Waals surface area contributed by atoms with E-state index in [1.807, 2.05) is 54.7 Å². The highest BCUT2D eigenvalue weighted by Gasteiger charge is 2.17. The highest BCUT2D eigenvalue weighted by atomic mass is 16.5. The number of hydrogen-bond acceptors (Lipinski definition) is 6. The summed E-state index contributed by atoms with van der Waals surface area (Å²) in [5, 5.41) is 8.28. The molecule has 40 heavy (non-hydrogen) atoms. The highest BCUT2D eigenvalue weighted by Crippen LogP contribution is 2.32. The van der Waals surface area contributed by atoms with Crippen molar-refractivity contribution in [2.45, 2.75) is 26.5 Å². The van der Waals surface area contributed by atoms with Crippen LogP contribution in [-0.2, 0) is 17.9 Å². The van der Waals surface area contributed by atoms with E-state index in [0.29, 0.717) is 58.8 Å². The minimum Gasteiger partial charge on any atom is -0.489 e. The summed E-state index contributed by atoms with van der Waals surface area (Å²) in [6.07, 6.45) is 2.75. The minimum atomic E-state index is -0.833. The van der Waals surface area contributed by atoms with Gasteiger partial charge in [0.2, 0.25) is 0 Å². The third-order valence-electron chi connectivity index (χ3n) is 6.29. The van der Waals surface area contributed by atoms with Crippen LogP contribution in [0.5, 0.6) is 5.75 Å². The Hall–Kier alpha value is -5.16. The first-order chi connectivity index (χ1) is 19.3. The van der Waals surface area contributed by atoms with Crippen molar-refractivity contribution in [2.24, 2.45) is 5.73 Å². The second-order valence-electron chi connectivity index (χ2n) is 9.26. The summed E-state index contributed by atoms with van der Waals surface area (Å²) in [7, 11) is 0. The van der Waals surface area contributed by atoms with Gasteiger partial charge < -0.3 is 35.1 Å². The molecule has 0 aliphatic rings. The molecule has 6 N–H and O–H groups in total. The molecule has 0 saturated heterocycles. The fourth-order valence-electron chi connectivity index (χ4n) is 4.54. The van der Waals surface area contributed by atoms with E-state index in [1.54, 1.807) is 12.1 Å². The highest BCUT2D eigenvalue weighted by molar-refractivity contribution is 5.97. The van der Waals surface area contributed by atoms with Crippen LogP contribution < -0.4 is 21.7 Å². The molecule has 0 unspecified atom stereocenters. The SMILES string of the molecule is CC(=O)O.NCCCn1cc(-c2nc3cc4[nH]c(=O)[nH]c4cc3[nH]c2=O)c2cc(OCc3ccccc3)ccc21. The van der Waals surface area contributed by atoms with Crippen molar-refractivity contribution in [3.05, 3.63) is 93.3 Å². The number of H-pyrrole nitrogens is 3. The number of carbonyl (C=O) groups is 1. The molecular formula is C29H28N6O5.